The highest BCUT2D eigenvalue weighted by Crippen LogP contribution is 2.53. The molecule has 272 valence electrons. The smallest absolute Gasteiger partial charge is 0.264 e. The first kappa shape index (κ1) is 35.2. The number of ether oxygens (including phenoxy) is 1. The third kappa shape index (κ3) is 6.23. The van der Waals surface area contributed by atoms with Crippen LogP contribution in [-0.2, 0) is 21.4 Å². The molecule has 1 N–H and O–H groups in total. The molecule has 2 atom stereocenters. The van der Waals surface area contributed by atoms with Gasteiger partial charge in [0, 0.05) is 47.6 Å². The maximum Gasteiger partial charge on any atom is 0.264 e. The van der Waals surface area contributed by atoms with Gasteiger partial charge < -0.3 is 18.7 Å². The van der Waals surface area contributed by atoms with E-state index in [4.69, 9.17) is 9.26 Å². The van der Waals surface area contributed by atoms with Crippen LogP contribution in [0.25, 0.3) is 22.2 Å². The van der Waals surface area contributed by atoms with Gasteiger partial charge in [-0.15, -0.1) is 0 Å². The van der Waals surface area contributed by atoms with Gasteiger partial charge in [0.25, 0.3) is 5.91 Å². The number of rotatable bonds is 7. The predicted molar refractivity (Wildman–Crippen MR) is 195 cm³/mol. The molecule has 2 fully saturated rings. The summed E-state index contributed by atoms with van der Waals surface area (Å²) in [4.78, 5) is 34.9. The van der Waals surface area contributed by atoms with Gasteiger partial charge in [-0.25, -0.2) is 13.1 Å². The normalized spacial score (nSPS) is 21.7. The van der Waals surface area contributed by atoms with E-state index in [1.54, 1.807) is 27.0 Å². The van der Waals surface area contributed by atoms with E-state index in [0.717, 1.165) is 72.0 Å². The van der Waals surface area contributed by atoms with E-state index < -0.39 is 26.6 Å². The Hall–Kier alpha value is -4.19. The summed E-state index contributed by atoms with van der Waals surface area (Å²) in [5, 5.41) is 4.26. The largest absolute Gasteiger partial charge is 0.497 e. The third-order valence-electron chi connectivity index (χ3n) is 11.8. The fourth-order valence-corrected chi connectivity index (χ4v) is 9.17. The van der Waals surface area contributed by atoms with E-state index in [1.807, 2.05) is 30.0 Å². The number of likely N-dealkylation sites (tertiary alicyclic amines) is 1. The first-order valence-electron chi connectivity index (χ1n) is 18.3. The van der Waals surface area contributed by atoms with Gasteiger partial charge in [0.2, 0.25) is 21.8 Å². The molecule has 2 aromatic heterocycles. The van der Waals surface area contributed by atoms with Crippen molar-refractivity contribution in [2.24, 2.45) is 5.41 Å². The number of benzene rings is 2. The number of nitrogens with zero attached hydrogens (tertiary/aromatic N) is 4. The summed E-state index contributed by atoms with van der Waals surface area (Å²) in [6.07, 6.45) is 7.10. The molecule has 0 spiro atoms. The number of hydrogen-bond acceptors (Lipinski definition) is 8. The molecule has 2 aliphatic heterocycles. The van der Waals surface area contributed by atoms with E-state index >= 15 is 0 Å². The van der Waals surface area contributed by atoms with E-state index in [1.165, 1.54) is 12.0 Å². The molecule has 4 heterocycles. The van der Waals surface area contributed by atoms with E-state index in [0.29, 0.717) is 37.3 Å². The first-order valence-corrected chi connectivity index (χ1v) is 19.9. The SMILES string of the molecule is COc1ccc2c(c1)C(C)C(C)(C(=O)N1CCC(c3nc(C)no3)CC1)Cn1c-2c(C2CCCCC2)c2ccc(C(=O)NS(=O)(=O)C(C)C)cc21. The van der Waals surface area contributed by atoms with Gasteiger partial charge in [0.05, 0.1) is 23.5 Å². The van der Waals surface area contributed by atoms with Crippen LogP contribution in [-0.4, -0.2) is 65.3 Å². The fraction of sp³-hybridized carbons (Fsp3) is 0.538. The van der Waals surface area contributed by atoms with Crippen LogP contribution in [0.15, 0.2) is 40.9 Å². The van der Waals surface area contributed by atoms with Crippen molar-refractivity contribution < 1.29 is 27.3 Å². The molecule has 11 nitrogen and oxygen atoms in total. The van der Waals surface area contributed by atoms with Crippen molar-refractivity contribution in [1.82, 2.24) is 24.3 Å². The molecule has 4 aromatic rings. The molecule has 3 aliphatic rings. The zero-order chi connectivity index (χ0) is 36.2. The standard InChI is InChI=1S/C39H49N5O6S/c1-23(2)51(47,48)42-36(45)28-12-14-31-33(20-28)44-22-39(5,38(46)43-18-16-27(17-19-43)37-40-25(4)41-50-37)24(3)32-21-29(49-6)13-15-30(32)35(44)34(31)26-10-8-7-9-11-26/h12-15,20-21,23-24,26-27H,7-11,16-19,22H2,1-6H3,(H,42,45). The lowest BCUT2D eigenvalue weighted by molar-refractivity contribution is -0.144. The van der Waals surface area contributed by atoms with Gasteiger partial charge in [-0.05, 0) is 107 Å². The second-order valence-corrected chi connectivity index (χ2v) is 17.5. The second-order valence-electron chi connectivity index (χ2n) is 15.3. The molecular weight excluding hydrogens is 667 g/mol. The molecule has 12 heteroatoms. The molecule has 51 heavy (non-hydrogen) atoms. The van der Waals surface area contributed by atoms with Crippen LogP contribution in [0.2, 0.25) is 0 Å². The van der Waals surface area contributed by atoms with Crippen molar-refractivity contribution in [2.45, 2.75) is 109 Å². The van der Waals surface area contributed by atoms with Crippen molar-refractivity contribution in [1.29, 1.82) is 0 Å². The van der Waals surface area contributed by atoms with Crippen molar-refractivity contribution in [3.8, 4) is 17.0 Å². The Kier molecular flexibility index (Phi) is 9.26. The highest BCUT2D eigenvalue weighted by atomic mass is 32.2. The molecule has 1 saturated carbocycles. The Bertz CT molecular complexity index is 2090. The fourth-order valence-electron chi connectivity index (χ4n) is 8.56. The van der Waals surface area contributed by atoms with E-state index in [9.17, 15) is 18.0 Å². The van der Waals surface area contributed by atoms with Gasteiger partial charge in [-0.2, -0.15) is 4.98 Å². The summed E-state index contributed by atoms with van der Waals surface area (Å²) < 4.78 is 41.2. The third-order valence-corrected chi connectivity index (χ3v) is 13.5. The summed E-state index contributed by atoms with van der Waals surface area (Å²) >= 11 is 0. The highest BCUT2D eigenvalue weighted by molar-refractivity contribution is 7.90. The van der Waals surface area contributed by atoms with Crippen molar-refractivity contribution in [3.63, 3.8) is 0 Å². The minimum Gasteiger partial charge on any atom is -0.497 e. The zero-order valence-corrected chi connectivity index (χ0v) is 31.3. The highest BCUT2D eigenvalue weighted by Gasteiger charge is 2.47. The number of sulfonamides is 1. The van der Waals surface area contributed by atoms with Crippen LogP contribution in [0.3, 0.4) is 0 Å². The molecule has 2 aromatic carbocycles. The number of aryl methyl sites for hydroxylation is 1. The topological polar surface area (TPSA) is 137 Å². The van der Waals surface area contributed by atoms with Crippen molar-refractivity contribution >= 4 is 32.7 Å². The minimum absolute atomic E-state index is 0.0785. The van der Waals surface area contributed by atoms with Crippen LogP contribution < -0.4 is 9.46 Å². The van der Waals surface area contributed by atoms with Gasteiger partial charge in [-0.1, -0.05) is 37.4 Å². The maximum atomic E-state index is 15.0. The number of aromatic nitrogens is 3. The molecular formula is C39H49N5O6S. The molecule has 0 radical (unpaired) electrons. The Morgan fingerprint density at radius 3 is 2.39 bits per heavy atom. The summed E-state index contributed by atoms with van der Waals surface area (Å²) in [5.41, 5.74) is 4.68. The number of methoxy groups -OCH3 is 1. The second kappa shape index (κ2) is 13.4. The zero-order valence-electron chi connectivity index (χ0n) is 30.5. The van der Waals surface area contributed by atoms with Crippen LogP contribution in [0.4, 0.5) is 0 Å². The van der Waals surface area contributed by atoms with Gasteiger partial charge in [0.15, 0.2) is 5.82 Å². The Labute approximate surface area is 300 Å². The van der Waals surface area contributed by atoms with Crippen LogP contribution >= 0.6 is 0 Å². The van der Waals surface area contributed by atoms with E-state index in [2.05, 4.69) is 45.4 Å². The van der Waals surface area contributed by atoms with Crippen LogP contribution in [0.1, 0.15) is 124 Å². The molecule has 1 aliphatic carbocycles. The van der Waals surface area contributed by atoms with Crippen LogP contribution in [0, 0.1) is 12.3 Å². The average molecular weight is 716 g/mol. The molecule has 0 bridgehead atoms. The van der Waals surface area contributed by atoms with Gasteiger partial charge in [0.1, 0.15) is 5.75 Å². The lowest BCUT2D eigenvalue weighted by Gasteiger charge is -2.41. The average Bonchev–Trinajstić information content (AvgIpc) is 3.68. The summed E-state index contributed by atoms with van der Waals surface area (Å²) in [6.45, 7) is 10.7. The number of carbonyl (C=O) groups excluding carboxylic acids is 2. The molecule has 2 unspecified atom stereocenters. The number of amides is 2. The Balaban J connectivity index is 1.37. The van der Waals surface area contributed by atoms with Gasteiger partial charge >= 0.3 is 0 Å². The van der Waals surface area contributed by atoms with Gasteiger partial charge in [-0.3, -0.25) is 9.59 Å². The number of nitrogens with one attached hydrogen (secondary N) is 1. The summed E-state index contributed by atoms with van der Waals surface area (Å²) in [6, 6.07) is 11.7. The lowest BCUT2D eigenvalue weighted by atomic mass is 9.72. The Morgan fingerprint density at radius 1 is 1.02 bits per heavy atom. The number of fused-ring (bicyclic) bond motifs is 5. The monoisotopic (exact) mass is 715 g/mol. The summed E-state index contributed by atoms with van der Waals surface area (Å²) in [7, 11) is -2.17. The maximum absolute atomic E-state index is 15.0. The minimum atomic E-state index is -3.83. The van der Waals surface area contributed by atoms with Crippen molar-refractivity contribution in [3.05, 3.63) is 64.8 Å². The molecule has 2 amide bonds. The van der Waals surface area contributed by atoms with Crippen molar-refractivity contribution in [2.75, 3.05) is 20.2 Å². The predicted octanol–water partition coefficient (Wildman–Crippen LogP) is 7.05. The quantitative estimate of drug-likeness (QED) is 0.215. The summed E-state index contributed by atoms with van der Waals surface area (Å²) in [5.74, 6) is 1.65. The number of hydrogen-bond donors (Lipinski definition) is 1. The Morgan fingerprint density at radius 2 is 1.75 bits per heavy atom. The first-order chi connectivity index (χ1) is 24.3. The van der Waals surface area contributed by atoms with E-state index in [-0.39, 0.29) is 23.3 Å². The molecule has 7 rings (SSSR count). The number of carbonyl (C=O) groups is 2. The molecule has 1 saturated heterocycles. The van der Waals surface area contributed by atoms with Crippen LogP contribution in [0.5, 0.6) is 5.75 Å². The lowest BCUT2D eigenvalue weighted by Crippen LogP contribution is -2.49. The number of piperidine rings is 1.